The van der Waals surface area contributed by atoms with Crippen LogP contribution in [0.4, 0.5) is 13.2 Å². The van der Waals surface area contributed by atoms with Gasteiger partial charge in [0.1, 0.15) is 4.21 Å². The quantitative estimate of drug-likeness (QED) is 0.691. The van der Waals surface area contributed by atoms with Crippen LogP contribution in [0, 0.1) is 11.8 Å². The van der Waals surface area contributed by atoms with Crippen LogP contribution in [-0.2, 0) is 27.7 Å². The van der Waals surface area contributed by atoms with Crippen LogP contribution < -0.4 is 4.72 Å². The first-order valence-electron chi connectivity index (χ1n) is 8.98. The number of halogens is 4. The molecule has 1 fully saturated rings. The average Bonchev–Trinajstić information content (AvgIpc) is 3.18. The highest BCUT2D eigenvalue weighted by Gasteiger charge is 2.41. The number of nitrogens with zero attached hydrogens (tertiary/aromatic N) is 1. The maximum atomic E-state index is 12.6. The van der Waals surface area contributed by atoms with Crippen molar-refractivity contribution >= 4 is 38.9 Å². The van der Waals surface area contributed by atoms with Gasteiger partial charge in [0.2, 0.25) is 10.0 Å². The Morgan fingerprint density at radius 3 is 2.40 bits per heavy atom. The second-order valence-corrected chi connectivity index (χ2v) is 10.8. The van der Waals surface area contributed by atoms with Gasteiger partial charge in [-0.3, -0.25) is 4.98 Å². The summed E-state index contributed by atoms with van der Waals surface area (Å²) in [6, 6.07) is 7.26. The van der Waals surface area contributed by atoms with Gasteiger partial charge < -0.3 is 5.11 Å². The van der Waals surface area contributed by atoms with Gasteiger partial charge >= 0.3 is 12.1 Å². The fraction of sp³-hybridized carbons (Fsp3) is 0.444. The SMILES string of the molecule is O=C(O)C(F)(F)F.O=S(=O)(NC1C2CCC1Cc1ncccc1C2)c1ccc(Cl)s1. The summed E-state index contributed by atoms with van der Waals surface area (Å²) in [6.45, 7) is 0. The Kier molecular flexibility index (Phi) is 6.75. The lowest BCUT2D eigenvalue weighted by atomic mass is 9.96. The summed E-state index contributed by atoms with van der Waals surface area (Å²) < 4.78 is 60.8. The highest BCUT2D eigenvalue weighted by atomic mass is 35.5. The minimum Gasteiger partial charge on any atom is -0.475 e. The molecule has 164 valence electrons. The van der Waals surface area contributed by atoms with Gasteiger partial charge in [0.15, 0.2) is 0 Å². The Morgan fingerprint density at radius 2 is 1.83 bits per heavy atom. The summed E-state index contributed by atoms with van der Waals surface area (Å²) in [4.78, 5) is 13.4. The summed E-state index contributed by atoms with van der Waals surface area (Å²) in [7, 11) is -3.50. The van der Waals surface area contributed by atoms with E-state index in [4.69, 9.17) is 21.5 Å². The first-order valence-corrected chi connectivity index (χ1v) is 11.7. The summed E-state index contributed by atoms with van der Waals surface area (Å²) in [5, 5.41) is 7.12. The van der Waals surface area contributed by atoms with Gasteiger partial charge in [-0.2, -0.15) is 13.2 Å². The van der Waals surface area contributed by atoms with Crippen LogP contribution in [0.2, 0.25) is 4.34 Å². The van der Waals surface area contributed by atoms with E-state index in [0.29, 0.717) is 20.4 Å². The number of hydrogen-bond donors (Lipinski definition) is 2. The van der Waals surface area contributed by atoms with E-state index in [9.17, 15) is 21.6 Å². The molecule has 0 radical (unpaired) electrons. The summed E-state index contributed by atoms with van der Waals surface area (Å²) >= 11 is 6.99. The van der Waals surface area contributed by atoms with Crippen molar-refractivity contribution in [2.75, 3.05) is 0 Å². The molecular weight excluding hydrogens is 465 g/mol. The van der Waals surface area contributed by atoms with Crippen molar-refractivity contribution in [2.45, 2.75) is 42.1 Å². The average molecular weight is 483 g/mol. The molecule has 0 spiro atoms. The van der Waals surface area contributed by atoms with Crippen molar-refractivity contribution in [3.63, 3.8) is 0 Å². The number of fused-ring (bicyclic) bond motifs is 3. The van der Waals surface area contributed by atoms with Crippen molar-refractivity contribution < 1.29 is 31.5 Å². The number of thiophene rings is 1. The maximum absolute atomic E-state index is 12.6. The van der Waals surface area contributed by atoms with E-state index in [0.717, 1.165) is 42.7 Å². The molecule has 2 aliphatic rings. The minimum atomic E-state index is -5.08. The molecule has 0 amide bonds. The lowest BCUT2D eigenvalue weighted by molar-refractivity contribution is -0.192. The standard InChI is InChI=1S/C16H17ClN2O2S2.C2HF3O2/c17-14-5-6-15(22-14)23(20,21)19-16-11-3-4-12(16)9-13-10(8-11)2-1-7-18-13;3-2(4,5)1(6)7/h1-2,5-7,11-12,16,19H,3-4,8-9H2;(H,6,7). The first-order chi connectivity index (χ1) is 14.0. The van der Waals surface area contributed by atoms with Crippen LogP contribution in [0.1, 0.15) is 24.1 Å². The molecule has 2 N–H and O–H groups in total. The third-order valence-electron chi connectivity index (χ3n) is 5.19. The second-order valence-electron chi connectivity index (χ2n) is 7.12. The Morgan fingerprint density at radius 1 is 1.20 bits per heavy atom. The number of carbonyl (C=O) groups is 1. The largest absolute Gasteiger partial charge is 0.490 e. The van der Waals surface area contributed by atoms with Crippen molar-refractivity contribution in [1.82, 2.24) is 9.71 Å². The predicted molar refractivity (Wildman–Crippen MR) is 105 cm³/mol. The number of aliphatic carboxylic acids is 1. The van der Waals surface area contributed by atoms with Crippen LogP contribution in [0.25, 0.3) is 0 Å². The molecular formula is C18H18ClF3N2O4S2. The molecule has 2 aliphatic carbocycles. The van der Waals surface area contributed by atoms with Crippen LogP contribution in [0.15, 0.2) is 34.7 Å². The van der Waals surface area contributed by atoms with E-state index in [1.54, 1.807) is 12.1 Å². The van der Waals surface area contributed by atoms with Gasteiger partial charge in [-0.15, -0.1) is 11.3 Å². The zero-order valence-electron chi connectivity index (χ0n) is 15.4. The van der Waals surface area contributed by atoms with Crippen molar-refractivity contribution in [2.24, 2.45) is 11.8 Å². The molecule has 2 aromatic heterocycles. The van der Waals surface area contributed by atoms with Crippen LogP contribution in [0.3, 0.4) is 0 Å². The maximum Gasteiger partial charge on any atom is 0.490 e. The third-order valence-corrected chi connectivity index (χ3v) is 8.38. The summed E-state index contributed by atoms with van der Waals surface area (Å²) in [5.74, 6) is -2.09. The summed E-state index contributed by atoms with van der Waals surface area (Å²) in [5.41, 5.74) is 2.39. The molecule has 0 saturated heterocycles. The molecule has 12 heteroatoms. The van der Waals surface area contributed by atoms with Gasteiger partial charge in [-0.25, -0.2) is 17.9 Å². The van der Waals surface area contributed by atoms with E-state index in [1.807, 2.05) is 12.3 Å². The molecule has 2 bridgehead atoms. The van der Waals surface area contributed by atoms with E-state index in [1.165, 1.54) is 5.56 Å². The predicted octanol–water partition coefficient (Wildman–Crippen LogP) is 3.90. The van der Waals surface area contributed by atoms with E-state index >= 15 is 0 Å². The van der Waals surface area contributed by atoms with Crippen LogP contribution >= 0.6 is 22.9 Å². The van der Waals surface area contributed by atoms with Gasteiger partial charge in [-0.05, 0) is 61.3 Å². The third kappa shape index (κ3) is 5.32. The van der Waals surface area contributed by atoms with Gasteiger partial charge in [-0.1, -0.05) is 17.7 Å². The number of nitrogens with one attached hydrogen (secondary N) is 1. The number of rotatable bonds is 3. The Balaban J connectivity index is 0.000000318. The number of sulfonamides is 1. The zero-order valence-corrected chi connectivity index (χ0v) is 17.8. The van der Waals surface area contributed by atoms with Gasteiger partial charge in [0, 0.05) is 17.9 Å². The first kappa shape index (κ1) is 23.0. The smallest absolute Gasteiger partial charge is 0.475 e. The van der Waals surface area contributed by atoms with Crippen molar-refractivity contribution in [3.05, 3.63) is 46.1 Å². The molecule has 4 rings (SSSR count). The van der Waals surface area contributed by atoms with E-state index in [2.05, 4.69) is 15.8 Å². The lowest BCUT2D eigenvalue weighted by Crippen LogP contribution is -2.41. The lowest BCUT2D eigenvalue weighted by Gasteiger charge is -2.23. The van der Waals surface area contributed by atoms with E-state index in [-0.39, 0.29) is 6.04 Å². The van der Waals surface area contributed by atoms with Crippen molar-refractivity contribution in [1.29, 1.82) is 0 Å². The number of carboxylic acid groups (broad SMARTS) is 1. The van der Waals surface area contributed by atoms with Crippen molar-refractivity contribution in [3.8, 4) is 0 Å². The van der Waals surface area contributed by atoms with Gasteiger partial charge in [0.05, 0.1) is 4.34 Å². The number of pyridine rings is 1. The van der Waals surface area contributed by atoms with E-state index < -0.39 is 22.2 Å². The van der Waals surface area contributed by atoms with Crippen LogP contribution in [0.5, 0.6) is 0 Å². The summed E-state index contributed by atoms with van der Waals surface area (Å²) in [6.07, 6.45) is 0.615. The minimum absolute atomic E-state index is 0.0184. The number of aromatic nitrogens is 1. The highest BCUT2D eigenvalue weighted by molar-refractivity contribution is 7.91. The number of alkyl halides is 3. The fourth-order valence-corrected chi connectivity index (χ4v) is 6.75. The Hall–Kier alpha value is -1.69. The zero-order chi connectivity index (χ0) is 22.1. The molecule has 0 aliphatic heterocycles. The number of hydrogen-bond acceptors (Lipinski definition) is 5. The normalized spacial score (nSPS) is 23.1. The molecule has 30 heavy (non-hydrogen) atoms. The molecule has 3 atom stereocenters. The molecule has 1 saturated carbocycles. The Bertz CT molecular complexity index is 993. The van der Waals surface area contributed by atoms with Crippen LogP contribution in [-0.4, -0.2) is 36.7 Å². The molecule has 3 unspecified atom stereocenters. The fourth-order valence-electron chi connectivity index (χ4n) is 3.87. The topological polar surface area (TPSA) is 96.4 Å². The molecule has 0 aromatic carbocycles. The molecule has 6 nitrogen and oxygen atoms in total. The monoisotopic (exact) mass is 482 g/mol. The number of carboxylic acids is 1. The highest BCUT2D eigenvalue weighted by Crippen LogP contribution is 2.40. The van der Waals surface area contributed by atoms with Gasteiger partial charge in [0.25, 0.3) is 0 Å². The second kappa shape index (κ2) is 8.81. The molecule has 2 aromatic rings. The molecule has 2 heterocycles. The Labute approximate surface area is 180 Å².